The molecule has 158 valence electrons. The average Bonchev–Trinajstić information content (AvgIpc) is 3.24. The molecule has 4 aromatic rings. The number of ether oxygens (including phenoxy) is 2. The zero-order valence-corrected chi connectivity index (χ0v) is 17.9. The Hall–Kier alpha value is -3.24. The molecule has 4 heteroatoms. The second kappa shape index (κ2) is 8.86. The number of methoxy groups -OCH3 is 1. The molecule has 2 heterocycles. The summed E-state index contributed by atoms with van der Waals surface area (Å²) in [7, 11) is 1.72. The lowest BCUT2D eigenvalue weighted by Gasteiger charge is -2.28. The van der Waals surface area contributed by atoms with Gasteiger partial charge in [0, 0.05) is 23.1 Å². The Morgan fingerprint density at radius 3 is 2.68 bits per heavy atom. The van der Waals surface area contributed by atoms with E-state index in [2.05, 4.69) is 65.0 Å². The van der Waals surface area contributed by atoms with E-state index in [-0.39, 0.29) is 0 Å². The van der Waals surface area contributed by atoms with Crippen LogP contribution in [-0.4, -0.2) is 18.6 Å². The molecule has 2 N–H and O–H groups in total. The van der Waals surface area contributed by atoms with Gasteiger partial charge in [-0.2, -0.15) is 0 Å². The maximum atomic E-state index is 6.13. The molecular formula is C27H28N2O2. The first-order chi connectivity index (χ1) is 15.3. The Labute approximate surface area is 183 Å². The van der Waals surface area contributed by atoms with E-state index >= 15 is 0 Å². The molecule has 4 nitrogen and oxygen atoms in total. The molecule has 1 aromatic heterocycles. The molecule has 1 aliphatic heterocycles. The third kappa shape index (κ3) is 4.17. The van der Waals surface area contributed by atoms with Gasteiger partial charge >= 0.3 is 0 Å². The molecule has 5 rings (SSSR count). The van der Waals surface area contributed by atoms with Crippen LogP contribution in [-0.2, 0) is 19.4 Å². The predicted molar refractivity (Wildman–Crippen MR) is 125 cm³/mol. The van der Waals surface area contributed by atoms with Crippen molar-refractivity contribution in [3.05, 3.63) is 95.2 Å². The Balaban J connectivity index is 1.34. The number of fused-ring (bicyclic) bond motifs is 2. The number of aromatic amines is 1. The second-order valence-electron chi connectivity index (χ2n) is 8.13. The summed E-state index contributed by atoms with van der Waals surface area (Å²) in [4.78, 5) is 3.39. The van der Waals surface area contributed by atoms with Crippen molar-refractivity contribution in [2.75, 3.05) is 13.7 Å². The van der Waals surface area contributed by atoms with Gasteiger partial charge < -0.3 is 19.8 Å². The van der Waals surface area contributed by atoms with Crippen LogP contribution in [0, 0.1) is 0 Å². The van der Waals surface area contributed by atoms with Crippen LogP contribution in [0.25, 0.3) is 10.9 Å². The van der Waals surface area contributed by atoms with Crippen molar-refractivity contribution in [3.8, 4) is 11.5 Å². The molecule has 0 saturated heterocycles. The van der Waals surface area contributed by atoms with Crippen LogP contribution >= 0.6 is 0 Å². The van der Waals surface area contributed by atoms with E-state index in [1.807, 2.05) is 18.2 Å². The Morgan fingerprint density at radius 2 is 1.81 bits per heavy atom. The summed E-state index contributed by atoms with van der Waals surface area (Å²) in [5, 5.41) is 5.03. The Kier molecular flexibility index (Phi) is 5.63. The quantitative estimate of drug-likeness (QED) is 0.417. The third-order valence-corrected chi connectivity index (χ3v) is 6.20. The third-order valence-electron chi connectivity index (χ3n) is 6.20. The van der Waals surface area contributed by atoms with Crippen molar-refractivity contribution in [2.45, 2.75) is 31.9 Å². The zero-order chi connectivity index (χ0) is 21.0. The molecule has 1 unspecified atom stereocenters. The minimum Gasteiger partial charge on any atom is -0.493 e. The summed E-state index contributed by atoms with van der Waals surface area (Å²) in [5.74, 6) is 1.62. The minimum atomic E-state index is 0.314. The minimum absolute atomic E-state index is 0.314. The standard InChI is InChI=1S/C27H28N2O2/c1-30-26-16-23-20(15-27(26)31-18-19-7-3-2-4-8-19)13-14-28-25(23)12-11-21-17-29-24-10-6-5-9-22(21)24/h2-10,15-17,25,28-29H,11-14,18H2,1H3. The Morgan fingerprint density at radius 1 is 0.968 bits per heavy atom. The van der Waals surface area contributed by atoms with Gasteiger partial charge in [0.2, 0.25) is 0 Å². The lowest BCUT2D eigenvalue weighted by Crippen LogP contribution is -2.30. The number of H-pyrrole nitrogens is 1. The summed E-state index contributed by atoms with van der Waals surface area (Å²) >= 11 is 0. The molecule has 0 aliphatic carbocycles. The van der Waals surface area contributed by atoms with Crippen LogP contribution in [0.2, 0.25) is 0 Å². The van der Waals surface area contributed by atoms with E-state index in [4.69, 9.17) is 9.47 Å². The molecular weight excluding hydrogens is 384 g/mol. The maximum absolute atomic E-state index is 6.13. The first-order valence-electron chi connectivity index (χ1n) is 11.0. The van der Waals surface area contributed by atoms with Gasteiger partial charge in [-0.3, -0.25) is 0 Å². The molecule has 0 radical (unpaired) electrons. The number of benzene rings is 3. The first-order valence-corrected chi connectivity index (χ1v) is 11.0. The molecule has 31 heavy (non-hydrogen) atoms. The molecule has 0 spiro atoms. The summed E-state index contributed by atoms with van der Waals surface area (Å²) in [6.45, 7) is 1.52. The van der Waals surface area contributed by atoms with Crippen molar-refractivity contribution >= 4 is 10.9 Å². The SMILES string of the molecule is COc1cc2c(cc1OCc1ccccc1)CCNC2CCc1c[nH]c2ccccc12. The van der Waals surface area contributed by atoms with Crippen molar-refractivity contribution in [1.29, 1.82) is 0 Å². The number of para-hydroxylation sites is 1. The van der Waals surface area contributed by atoms with Crippen LogP contribution in [0.5, 0.6) is 11.5 Å². The number of nitrogens with one attached hydrogen (secondary N) is 2. The van der Waals surface area contributed by atoms with Crippen LogP contribution in [0.3, 0.4) is 0 Å². The highest BCUT2D eigenvalue weighted by molar-refractivity contribution is 5.83. The first kappa shape index (κ1) is 19.7. The molecule has 0 saturated carbocycles. The fraction of sp³-hybridized carbons (Fsp3) is 0.259. The fourth-order valence-corrected chi connectivity index (χ4v) is 4.55. The van der Waals surface area contributed by atoms with Crippen molar-refractivity contribution in [1.82, 2.24) is 10.3 Å². The van der Waals surface area contributed by atoms with Gasteiger partial charge in [0.25, 0.3) is 0 Å². The lowest BCUT2D eigenvalue weighted by molar-refractivity contribution is 0.283. The highest BCUT2D eigenvalue weighted by Gasteiger charge is 2.23. The fourth-order valence-electron chi connectivity index (χ4n) is 4.55. The van der Waals surface area contributed by atoms with Gasteiger partial charge in [0.1, 0.15) is 6.61 Å². The van der Waals surface area contributed by atoms with Crippen molar-refractivity contribution in [3.63, 3.8) is 0 Å². The van der Waals surface area contributed by atoms with Gasteiger partial charge in [-0.15, -0.1) is 0 Å². The summed E-state index contributed by atoms with van der Waals surface area (Å²) in [6, 6.07) is 23.4. The number of hydrogen-bond acceptors (Lipinski definition) is 3. The summed E-state index contributed by atoms with van der Waals surface area (Å²) in [6.07, 6.45) is 5.22. The Bertz CT molecular complexity index is 1170. The van der Waals surface area contributed by atoms with Crippen LogP contribution in [0.1, 0.15) is 34.7 Å². The molecule has 1 atom stereocenters. The molecule has 3 aromatic carbocycles. The largest absolute Gasteiger partial charge is 0.493 e. The monoisotopic (exact) mass is 412 g/mol. The molecule has 0 amide bonds. The average molecular weight is 413 g/mol. The summed E-state index contributed by atoms with van der Waals surface area (Å²) < 4.78 is 11.8. The topological polar surface area (TPSA) is 46.3 Å². The predicted octanol–water partition coefficient (Wildman–Crippen LogP) is 5.58. The number of aryl methyl sites for hydroxylation is 1. The van der Waals surface area contributed by atoms with Gasteiger partial charge in [0.15, 0.2) is 11.5 Å². The van der Waals surface area contributed by atoms with Gasteiger partial charge in [-0.1, -0.05) is 48.5 Å². The smallest absolute Gasteiger partial charge is 0.161 e. The molecule has 0 fully saturated rings. The highest BCUT2D eigenvalue weighted by atomic mass is 16.5. The van der Waals surface area contributed by atoms with Crippen LogP contribution in [0.4, 0.5) is 0 Å². The van der Waals surface area contributed by atoms with E-state index in [9.17, 15) is 0 Å². The number of aromatic nitrogens is 1. The van der Waals surface area contributed by atoms with Gasteiger partial charge in [-0.25, -0.2) is 0 Å². The summed E-state index contributed by atoms with van der Waals surface area (Å²) in [5.41, 5.74) is 6.41. The van der Waals surface area contributed by atoms with E-state index < -0.39 is 0 Å². The van der Waals surface area contributed by atoms with Crippen LogP contribution < -0.4 is 14.8 Å². The van der Waals surface area contributed by atoms with Gasteiger partial charge in [-0.05, 0) is 66.3 Å². The number of hydrogen-bond donors (Lipinski definition) is 2. The van der Waals surface area contributed by atoms with Gasteiger partial charge in [0.05, 0.1) is 7.11 Å². The number of rotatable bonds is 7. The molecule has 1 aliphatic rings. The lowest BCUT2D eigenvalue weighted by atomic mass is 9.90. The van der Waals surface area contributed by atoms with E-state index in [1.165, 1.54) is 27.6 Å². The van der Waals surface area contributed by atoms with E-state index in [1.54, 1.807) is 7.11 Å². The molecule has 0 bridgehead atoms. The van der Waals surface area contributed by atoms with E-state index in [0.717, 1.165) is 42.9 Å². The van der Waals surface area contributed by atoms with Crippen LogP contribution in [0.15, 0.2) is 72.9 Å². The van der Waals surface area contributed by atoms with Crippen molar-refractivity contribution < 1.29 is 9.47 Å². The highest BCUT2D eigenvalue weighted by Crippen LogP contribution is 2.37. The van der Waals surface area contributed by atoms with E-state index in [0.29, 0.717) is 12.6 Å². The normalized spacial score (nSPS) is 15.6. The maximum Gasteiger partial charge on any atom is 0.161 e. The zero-order valence-electron chi connectivity index (χ0n) is 17.9. The van der Waals surface area contributed by atoms with Crippen molar-refractivity contribution in [2.24, 2.45) is 0 Å². The second-order valence-corrected chi connectivity index (χ2v) is 8.13.